The molecule has 56 heavy (non-hydrogen) atoms. The Balaban J connectivity index is 0.000000214. The zero-order valence-corrected chi connectivity index (χ0v) is 32.3. The minimum atomic E-state index is -0.835. The van der Waals surface area contributed by atoms with Gasteiger partial charge in [-0.25, -0.2) is 19.9 Å². The zero-order valence-electron chi connectivity index (χ0n) is 32.3. The summed E-state index contributed by atoms with van der Waals surface area (Å²) in [4.78, 5) is 42.6. The van der Waals surface area contributed by atoms with E-state index in [4.69, 9.17) is 9.97 Å². The third-order valence-corrected chi connectivity index (χ3v) is 9.30. The van der Waals surface area contributed by atoms with E-state index >= 15 is 0 Å². The monoisotopic (exact) mass is 744 g/mol. The second-order valence-corrected chi connectivity index (χ2v) is 13.4. The number of hydrogen-bond donors (Lipinski definition) is 2. The quantitative estimate of drug-likeness (QED) is 0.113. The van der Waals surface area contributed by atoms with Crippen molar-refractivity contribution in [1.82, 2.24) is 19.9 Å². The Hall–Kier alpha value is -6.54. The van der Waals surface area contributed by atoms with Crippen LogP contribution in [0.25, 0.3) is 46.8 Å². The average molecular weight is 745 g/mol. The minimum absolute atomic E-state index is 0.554. The number of nitrogens with zero attached hydrogens (tertiary/aromatic N) is 4. The Labute approximate surface area is 329 Å². The lowest BCUT2D eigenvalue weighted by atomic mass is 9.89. The molecule has 2 heterocycles. The van der Waals surface area contributed by atoms with Gasteiger partial charge in [0, 0.05) is 33.6 Å². The molecule has 0 radical (unpaired) electrons. The maximum Gasteiger partial charge on any atom is 0.311 e. The second kappa shape index (κ2) is 20.2. The van der Waals surface area contributed by atoms with E-state index in [1.807, 2.05) is 173 Å². The number of carboxylic acids is 2. The van der Waals surface area contributed by atoms with Crippen LogP contribution in [0.1, 0.15) is 96.7 Å². The van der Waals surface area contributed by atoms with E-state index in [-0.39, 0.29) is 0 Å². The number of aliphatic carboxylic acids is 2. The van der Waals surface area contributed by atoms with Crippen LogP contribution in [0.15, 0.2) is 121 Å². The normalized spacial score (nSPS) is 12.2. The van der Waals surface area contributed by atoms with E-state index in [9.17, 15) is 19.8 Å². The molecule has 2 atom stereocenters. The summed E-state index contributed by atoms with van der Waals surface area (Å²) in [7, 11) is 0. The molecule has 284 valence electrons. The smallest absolute Gasteiger partial charge is 0.311 e. The van der Waals surface area contributed by atoms with Crippen LogP contribution >= 0.6 is 0 Å². The molecule has 8 nitrogen and oxygen atoms in total. The molecule has 0 fully saturated rings. The zero-order chi connectivity index (χ0) is 39.9. The molecule has 0 spiro atoms. The van der Waals surface area contributed by atoms with E-state index < -0.39 is 23.8 Å². The maximum atomic E-state index is 12.0. The Morgan fingerprint density at radius 2 is 0.821 bits per heavy atom. The number of hydrogen-bond acceptors (Lipinski definition) is 6. The van der Waals surface area contributed by atoms with Gasteiger partial charge in [0.1, 0.15) is 0 Å². The van der Waals surface area contributed by atoms with Gasteiger partial charge in [-0.2, -0.15) is 0 Å². The summed E-state index contributed by atoms with van der Waals surface area (Å²) in [5.41, 5.74) is 8.15. The molecule has 0 saturated heterocycles. The van der Waals surface area contributed by atoms with Crippen LogP contribution in [0.4, 0.5) is 0 Å². The van der Waals surface area contributed by atoms with Gasteiger partial charge in [0.25, 0.3) is 0 Å². The van der Waals surface area contributed by atoms with E-state index in [0.29, 0.717) is 58.4 Å². The lowest BCUT2D eigenvalue weighted by Crippen LogP contribution is -2.16. The van der Waals surface area contributed by atoms with Crippen LogP contribution in [0.3, 0.4) is 0 Å². The van der Waals surface area contributed by atoms with Crippen LogP contribution in [0.2, 0.25) is 0 Å². The summed E-state index contributed by atoms with van der Waals surface area (Å²) >= 11 is 0. The Bertz CT molecular complexity index is 2100. The van der Waals surface area contributed by atoms with Gasteiger partial charge >= 0.3 is 11.9 Å². The highest BCUT2D eigenvalue weighted by Crippen LogP contribution is 2.34. The number of aryl methyl sites for hydroxylation is 2. The predicted octanol–water partition coefficient (Wildman–Crippen LogP) is 11.2. The first-order valence-electron chi connectivity index (χ1n) is 19.0. The third-order valence-electron chi connectivity index (χ3n) is 9.30. The molecule has 0 amide bonds. The fourth-order valence-electron chi connectivity index (χ4n) is 6.65. The molecular formula is C48H48N4O4. The van der Waals surface area contributed by atoms with Gasteiger partial charge in [0.05, 0.1) is 23.2 Å². The van der Waals surface area contributed by atoms with E-state index in [2.05, 4.69) is 9.97 Å². The Morgan fingerprint density at radius 1 is 0.500 bits per heavy atom. The van der Waals surface area contributed by atoms with E-state index in [1.165, 1.54) is 0 Å². The fraction of sp³-hybridized carbons (Fsp3) is 0.208. The van der Waals surface area contributed by atoms with Gasteiger partial charge in [-0.3, -0.25) is 9.59 Å². The molecule has 6 rings (SSSR count). The molecule has 2 unspecified atom stereocenters. The van der Waals surface area contributed by atoms with Gasteiger partial charge in [0.15, 0.2) is 11.6 Å². The second-order valence-electron chi connectivity index (χ2n) is 13.4. The van der Waals surface area contributed by atoms with Crippen LogP contribution in [-0.4, -0.2) is 42.1 Å². The van der Waals surface area contributed by atoms with Gasteiger partial charge < -0.3 is 10.2 Å². The number of benzene rings is 4. The highest BCUT2D eigenvalue weighted by Gasteiger charge is 2.28. The van der Waals surface area contributed by atoms with Crippen molar-refractivity contribution < 1.29 is 19.8 Å². The van der Waals surface area contributed by atoms with Gasteiger partial charge in [-0.05, 0) is 50.0 Å². The molecule has 0 aliphatic carbocycles. The van der Waals surface area contributed by atoms with Crippen LogP contribution in [0, 0.1) is 13.8 Å². The van der Waals surface area contributed by atoms with Gasteiger partial charge in [-0.15, -0.1) is 0 Å². The van der Waals surface area contributed by atoms with Crippen LogP contribution < -0.4 is 0 Å². The number of aromatic nitrogens is 4. The third kappa shape index (κ3) is 10.8. The summed E-state index contributed by atoms with van der Waals surface area (Å²) < 4.78 is 0. The lowest BCUT2D eigenvalue weighted by Gasteiger charge is -2.18. The standard InChI is InChI=1S/2C24H24N2O2/c2*1-3-10-20(24(27)28)22-17(2)25-21(16-15-18-11-6-4-7-12-18)26-23(22)19-13-8-5-9-14-19/h2*4-9,11-16,20H,3,10H2,1-2H3,(H,27,28). The summed E-state index contributed by atoms with van der Waals surface area (Å²) in [5.74, 6) is -1.76. The molecule has 0 aliphatic heterocycles. The lowest BCUT2D eigenvalue weighted by molar-refractivity contribution is -0.140. The number of carbonyl (C=O) groups is 2. The molecule has 0 saturated carbocycles. The topological polar surface area (TPSA) is 126 Å². The molecule has 8 heteroatoms. The molecule has 2 N–H and O–H groups in total. The number of carboxylic acid groups (broad SMARTS) is 2. The van der Waals surface area contributed by atoms with Crippen molar-refractivity contribution in [2.24, 2.45) is 0 Å². The van der Waals surface area contributed by atoms with Crippen molar-refractivity contribution >= 4 is 36.2 Å². The van der Waals surface area contributed by atoms with Crippen molar-refractivity contribution in [2.75, 3.05) is 0 Å². The largest absolute Gasteiger partial charge is 0.481 e. The van der Waals surface area contributed by atoms with E-state index in [1.54, 1.807) is 0 Å². The summed E-state index contributed by atoms with van der Waals surface area (Å²) in [6, 6.07) is 39.4. The van der Waals surface area contributed by atoms with E-state index in [0.717, 1.165) is 35.1 Å². The average Bonchev–Trinajstić information content (AvgIpc) is 3.22. The Kier molecular flexibility index (Phi) is 14.7. The predicted molar refractivity (Wildman–Crippen MR) is 226 cm³/mol. The first-order chi connectivity index (χ1) is 27.2. The van der Waals surface area contributed by atoms with Gasteiger partial charge in [0.2, 0.25) is 0 Å². The molecule has 0 aliphatic rings. The van der Waals surface area contributed by atoms with Crippen LogP contribution in [0.5, 0.6) is 0 Å². The van der Waals surface area contributed by atoms with Crippen molar-refractivity contribution in [2.45, 2.75) is 65.2 Å². The van der Waals surface area contributed by atoms with Crippen molar-refractivity contribution in [1.29, 1.82) is 0 Å². The highest BCUT2D eigenvalue weighted by atomic mass is 16.4. The summed E-state index contributed by atoms with van der Waals surface area (Å²) in [6.45, 7) is 7.72. The SMILES string of the molecule is CCCC(C(=O)O)c1c(C)nc(C=Cc2ccccc2)nc1-c1ccccc1.CCCC(C(=O)O)c1c(C)nc(C=Cc2ccccc2)nc1-c1ccccc1. The molecule has 4 aromatic carbocycles. The highest BCUT2D eigenvalue weighted by molar-refractivity contribution is 5.82. The maximum absolute atomic E-state index is 12.0. The van der Waals surface area contributed by atoms with Crippen LogP contribution in [-0.2, 0) is 9.59 Å². The van der Waals surface area contributed by atoms with Crippen molar-refractivity contribution in [3.63, 3.8) is 0 Å². The Morgan fingerprint density at radius 3 is 1.12 bits per heavy atom. The first kappa shape index (κ1) is 40.6. The molecule has 2 aromatic heterocycles. The van der Waals surface area contributed by atoms with Gasteiger partial charge in [-0.1, -0.05) is 160 Å². The molecular weight excluding hydrogens is 697 g/mol. The van der Waals surface area contributed by atoms with Crippen molar-refractivity contribution in [3.8, 4) is 22.5 Å². The molecule has 6 aromatic rings. The fourth-order valence-corrected chi connectivity index (χ4v) is 6.65. The number of rotatable bonds is 14. The van der Waals surface area contributed by atoms with Crippen molar-refractivity contribution in [3.05, 3.63) is 167 Å². The summed E-state index contributed by atoms with van der Waals surface area (Å²) in [5, 5.41) is 19.6. The first-order valence-corrected chi connectivity index (χ1v) is 19.0. The molecule has 0 bridgehead atoms. The minimum Gasteiger partial charge on any atom is -0.481 e. The summed E-state index contributed by atoms with van der Waals surface area (Å²) in [6.07, 6.45) is 10.3.